The molecule has 0 radical (unpaired) electrons. The van der Waals surface area contributed by atoms with Crippen molar-refractivity contribution in [2.45, 2.75) is 0 Å². The number of hydrogen-bond donors (Lipinski definition) is 0. The highest BCUT2D eigenvalue weighted by Crippen LogP contribution is 2.28. The van der Waals surface area contributed by atoms with Crippen molar-refractivity contribution in [2.24, 2.45) is 0 Å². The Morgan fingerprint density at radius 2 is 2.13 bits per heavy atom. The van der Waals surface area contributed by atoms with Gasteiger partial charge < -0.3 is 9.64 Å². The molecule has 1 heterocycles. The number of anilines is 1. The van der Waals surface area contributed by atoms with Gasteiger partial charge in [-0.15, -0.1) is 0 Å². The first kappa shape index (κ1) is 9.77. The fourth-order valence-corrected chi connectivity index (χ4v) is 1.52. The summed E-state index contributed by atoms with van der Waals surface area (Å²) in [6.45, 7) is -0.0203. The molecule has 1 aliphatic heterocycles. The Balaban J connectivity index is 2.26. The van der Waals surface area contributed by atoms with Gasteiger partial charge in [0.1, 0.15) is 5.75 Å². The van der Waals surface area contributed by atoms with Crippen LogP contribution >= 0.6 is 0 Å². The minimum absolute atomic E-state index is 0.569. The van der Waals surface area contributed by atoms with E-state index in [9.17, 15) is 4.39 Å². The Labute approximate surface area is 88.3 Å². The molecule has 2 rings (SSSR count). The molecule has 2 nitrogen and oxygen atoms in total. The van der Waals surface area contributed by atoms with E-state index in [0.29, 0.717) is 5.75 Å². The Morgan fingerprint density at radius 1 is 1.27 bits per heavy atom. The first-order valence-corrected chi connectivity index (χ1v) is 4.79. The van der Waals surface area contributed by atoms with Gasteiger partial charge in [0.2, 0.25) is 6.86 Å². The Bertz CT molecular complexity index is 387. The predicted molar refractivity (Wildman–Crippen MR) is 58.7 cm³/mol. The van der Waals surface area contributed by atoms with Crippen LogP contribution < -0.4 is 9.64 Å². The van der Waals surface area contributed by atoms with Crippen LogP contribution in [0.4, 0.5) is 10.1 Å². The van der Waals surface area contributed by atoms with Crippen molar-refractivity contribution < 1.29 is 9.13 Å². The maximum atomic E-state index is 12.2. The molecule has 0 bridgehead atoms. The number of allylic oxidation sites excluding steroid dienone is 2. The van der Waals surface area contributed by atoms with Gasteiger partial charge in [-0.05, 0) is 18.2 Å². The molecule has 0 aromatic heterocycles. The van der Waals surface area contributed by atoms with Gasteiger partial charge in [-0.1, -0.05) is 24.3 Å². The molecular formula is C12H12FNO. The predicted octanol–water partition coefficient (Wildman–Crippen LogP) is 2.88. The molecule has 0 aliphatic carbocycles. The number of benzene rings is 1. The quantitative estimate of drug-likeness (QED) is 0.752. The van der Waals surface area contributed by atoms with Gasteiger partial charge in [0.15, 0.2) is 0 Å². The maximum Gasteiger partial charge on any atom is 0.228 e. The third-order valence-corrected chi connectivity index (χ3v) is 2.20. The number of nitrogens with zero attached hydrogens (tertiary/aromatic N) is 1. The molecule has 0 fully saturated rings. The zero-order valence-electron chi connectivity index (χ0n) is 8.27. The summed E-state index contributed by atoms with van der Waals surface area (Å²) >= 11 is 0. The molecule has 78 valence electrons. The number of halogens is 1. The Kier molecular flexibility index (Phi) is 3.02. The van der Waals surface area contributed by atoms with Gasteiger partial charge in [0.05, 0.1) is 5.69 Å². The van der Waals surface area contributed by atoms with Crippen LogP contribution in [0.5, 0.6) is 5.75 Å². The molecule has 1 aliphatic rings. The summed E-state index contributed by atoms with van der Waals surface area (Å²) in [5.41, 5.74) is 0.885. The molecule has 0 spiro atoms. The summed E-state index contributed by atoms with van der Waals surface area (Å²) in [5.74, 6) is 0.569. The molecule has 0 saturated carbocycles. The highest BCUT2D eigenvalue weighted by Gasteiger charge is 2.09. The molecule has 1 aromatic carbocycles. The number of para-hydroxylation sites is 2. The second-order valence-electron chi connectivity index (χ2n) is 3.14. The third-order valence-electron chi connectivity index (χ3n) is 2.20. The van der Waals surface area contributed by atoms with E-state index in [-0.39, 0.29) is 0 Å². The smallest absolute Gasteiger partial charge is 0.228 e. The lowest BCUT2D eigenvalue weighted by Crippen LogP contribution is -2.18. The first-order valence-electron chi connectivity index (χ1n) is 4.79. The van der Waals surface area contributed by atoms with Crippen molar-refractivity contribution in [3.05, 3.63) is 48.7 Å². The van der Waals surface area contributed by atoms with Crippen LogP contribution in [0.2, 0.25) is 0 Å². The lowest BCUT2D eigenvalue weighted by Gasteiger charge is -2.22. The molecule has 3 heteroatoms. The second kappa shape index (κ2) is 4.64. The Hall–Kier alpha value is -1.77. The zero-order chi connectivity index (χ0) is 10.5. The average molecular weight is 205 g/mol. The van der Waals surface area contributed by atoms with E-state index < -0.39 is 6.86 Å². The number of alkyl halides is 1. The minimum Gasteiger partial charge on any atom is -0.461 e. The fourth-order valence-electron chi connectivity index (χ4n) is 1.52. The van der Waals surface area contributed by atoms with E-state index in [2.05, 4.69) is 0 Å². The molecule has 0 N–H and O–H groups in total. The number of ether oxygens (including phenoxy) is 1. The van der Waals surface area contributed by atoms with Gasteiger partial charge in [0, 0.05) is 12.7 Å². The van der Waals surface area contributed by atoms with Crippen molar-refractivity contribution in [2.75, 3.05) is 18.3 Å². The number of hydrogen-bond acceptors (Lipinski definition) is 2. The van der Waals surface area contributed by atoms with E-state index in [1.807, 2.05) is 47.5 Å². The minimum atomic E-state index is -0.801. The normalized spacial score (nSPS) is 14.3. The molecule has 1 aromatic rings. The Morgan fingerprint density at radius 3 is 2.87 bits per heavy atom. The van der Waals surface area contributed by atoms with Crippen LogP contribution in [0.3, 0.4) is 0 Å². The van der Waals surface area contributed by atoms with Gasteiger partial charge in [-0.25, -0.2) is 4.39 Å². The summed E-state index contributed by atoms with van der Waals surface area (Å²) in [6, 6.07) is 7.42. The van der Waals surface area contributed by atoms with Gasteiger partial charge in [-0.3, -0.25) is 0 Å². The summed E-state index contributed by atoms with van der Waals surface area (Å²) in [5, 5.41) is 0. The molecule has 0 amide bonds. The largest absolute Gasteiger partial charge is 0.461 e. The molecule has 15 heavy (non-hydrogen) atoms. The van der Waals surface area contributed by atoms with Crippen molar-refractivity contribution in [1.82, 2.24) is 0 Å². The van der Waals surface area contributed by atoms with Crippen molar-refractivity contribution in [3.8, 4) is 5.75 Å². The van der Waals surface area contributed by atoms with E-state index in [4.69, 9.17) is 4.74 Å². The van der Waals surface area contributed by atoms with Crippen LogP contribution in [-0.4, -0.2) is 13.4 Å². The highest BCUT2D eigenvalue weighted by atomic mass is 19.1. The van der Waals surface area contributed by atoms with Crippen molar-refractivity contribution >= 4 is 5.69 Å². The first-order chi connectivity index (χ1) is 7.42. The molecule has 0 unspecified atom stereocenters. The van der Waals surface area contributed by atoms with E-state index in [1.54, 1.807) is 6.07 Å². The SMILES string of the molecule is FCOc1ccccc1N1C=CC=CC1. The monoisotopic (exact) mass is 205 g/mol. The topological polar surface area (TPSA) is 12.5 Å². The van der Waals surface area contributed by atoms with Crippen LogP contribution in [0.25, 0.3) is 0 Å². The van der Waals surface area contributed by atoms with Crippen LogP contribution in [0.1, 0.15) is 0 Å². The van der Waals surface area contributed by atoms with Crippen molar-refractivity contribution in [3.63, 3.8) is 0 Å². The summed E-state index contributed by atoms with van der Waals surface area (Å²) in [7, 11) is 0. The summed E-state index contributed by atoms with van der Waals surface area (Å²) in [4.78, 5) is 2.00. The number of rotatable bonds is 3. The van der Waals surface area contributed by atoms with E-state index in [1.165, 1.54) is 0 Å². The van der Waals surface area contributed by atoms with E-state index >= 15 is 0 Å². The highest BCUT2D eigenvalue weighted by molar-refractivity contribution is 5.61. The van der Waals surface area contributed by atoms with Crippen molar-refractivity contribution in [1.29, 1.82) is 0 Å². The van der Waals surface area contributed by atoms with Crippen LogP contribution in [0.15, 0.2) is 48.7 Å². The van der Waals surface area contributed by atoms with Crippen LogP contribution in [-0.2, 0) is 0 Å². The maximum absolute atomic E-state index is 12.2. The second-order valence-corrected chi connectivity index (χ2v) is 3.14. The summed E-state index contributed by atoms with van der Waals surface area (Å²) < 4.78 is 17.1. The summed E-state index contributed by atoms with van der Waals surface area (Å²) in [6.07, 6.45) is 7.90. The van der Waals surface area contributed by atoms with Gasteiger partial charge in [-0.2, -0.15) is 0 Å². The zero-order valence-corrected chi connectivity index (χ0v) is 8.27. The van der Waals surface area contributed by atoms with Gasteiger partial charge in [0.25, 0.3) is 0 Å². The van der Waals surface area contributed by atoms with E-state index in [0.717, 1.165) is 12.2 Å². The molecule has 0 saturated heterocycles. The lowest BCUT2D eigenvalue weighted by atomic mass is 10.2. The van der Waals surface area contributed by atoms with Crippen LogP contribution in [0, 0.1) is 0 Å². The fraction of sp³-hybridized carbons (Fsp3) is 0.167. The molecule has 0 atom stereocenters. The standard InChI is InChI=1S/C12H12FNO/c13-10-15-12-7-3-2-6-11(12)14-8-4-1-5-9-14/h1-8H,9-10H2. The van der Waals surface area contributed by atoms with Gasteiger partial charge >= 0.3 is 0 Å². The average Bonchev–Trinajstić information content (AvgIpc) is 2.31. The third kappa shape index (κ3) is 2.18. The molecular weight excluding hydrogens is 193 g/mol. The lowest BCUT2D eigenvalue weighted by molar-refractivity contribution is 0.192.